The summed E-state index contributed by atoms with van der Waals surface area (Å²) < 4.78 is 40.0. The number of aliphatic hydroxyl groups excluding tert-OH is 1. The highest BCUT2D eigenvalue weighted by molar-refractivity contribution is 6.31. The van der Waals surface area contributed by atoms with Gasteiger partial charge in [-0.3, -0.25) is 9.59 Å². The number of hydrogen-bond acceptors (Lipinski definition) is 4. The molecule has 2 N–H and O–H groups in total. The molecule has 6 rings (SSSR count). The Bertz CT molecular complexity index is 1720. The molecule has 2 aliphatic rings. The average Bonchev–Trinajstić information content (AvgIpc) is 3.81. The number of alkyl halides is 3. The number of rotatable bonds is 5. The van der Waals surface area contributed by atoms with E-state index in [-0.39, 0.29) is 33.7 Å². The number of aryl methyl sites for hydroxylation is 1. The van der Waals surface area contributed by atoms with Gasteiger partial charge >= 0.3 is 6.18 Å². The van der Waals surface area contributed by atoms with Crippen molar-refractivity contribution in [2.75, 3.05) is 6.54 Å². The quantitative estimate of drug-likeness (QED) is 0.289. The highest BCUT2D eigenvalue weighted by Gasteiger charge is 2.48. The molecule has 42 heavy (non-hydrogen) atoms. The number of aromatic nitrogens is 2. The van der Waals surface area contributed by atoms with E-state index >= 15 is 0 Å². The van der Waals surface area contributed by atoms with Gasteiger partial charge in [0.05, 0.1) is 28.8 Å². The van der Waals surface area contributed by atoms with Crippen LogP contribution in [-0.4, -0.2) is 32.4 Å². The van der Waals surface area contributed by atoms with Crippen LogP contribution in [0.15, 0.2) is 77.6 Å². The summed E-state index contributed by atoms with van der Waals surface area (Å²) in [6, 6.07) is 19.3. The van der Waals surface area contributed by atoms with Crippen molar-refractivity contribution in [3.63, 3.8) is 0 Å². The van der Waals surface area contributed by atoms with Crippen molar-refractivity contribution in [1.29, 1.82) is 0 Å². The fourth-order valence-corrected chi connectivity index (χ4v) is 5.94. The maximum Gasteiger partial charge on any atom is 0.416 e. The van der Waals surface area contributed by atoms with Crippen LogP contribution in [-0.2, 0) is 29.4 Å². The average molecular weight is 594 g/mol. The van der Waals surface area contributed by atoms with Gasteiger partial charge in [0.25, 0.3) is 11.5 Å². The number of aromatic amines is 1. The van der Waals surface area contributed by atoms with Crippen molar-refractivity contribution in [2.45, 2.75) is 49.9 Å². The van der Waals surface area contributed by atoms with Crippen LogP contribution < -0.4 is 5.56 Å². The van der Waals surface area contributed by atoms with E-state index in [1.165, 1.54) is 23.1 Å². The molecule has 1 saturated carbocycles. The maximum atomic E-state index is 13.5. The van der Waals surface area contributed by atoms with Crippen LogP contribution in [0.3, 0.4) is 0 Å². The van der Waals surface area contributed by atoms with Gasteiger partial charge in [-0.15, -0.1) is 0 Å². The van der Waals surface area contributed by atoms with Gasteiger partial charge in [-0.2, -0.15) is 13.2 Å². The number of benzene rings is 3. The molecule has 1 aliphatic heterocycles. The third kappa shape index (κ3) is 5.34. The largest absolute Gasteiger partial charge is 0.416 e. The highest BCUT2D eigenvalue weighted by Crippen LogP contribution is 2.52. The lowest BCUT2D eigenvalue weighted by molar-refractivity contribution is -0.141. The Kier molecular flexibility index (Phi) is 7.19. The zero-order valence-corrected chi connectivity index (χ0v) is 23.2. The van der Waals surface area contributed by atoms with E-state index in [1.807, 2.05) is 30.3 Å². The fraction of sp³-hybridized carbons (Fsp3) is 0.281. The fourth-order valence-electron chi connectivity index (χ4n) is 5.70. The molecule has 1 amide bonds. The van der Waals surface area contributed by atoms with Gasteiger partial charge in [0.1, 0.15) is 5.82 Å². The van der Waals surface area contributed by atoms with Crippen LogP contribution in [0.2, 0.25) is 5.02 Å². The van der Waals surface area contributed by atoms with E-state index in [0.29, 0.717) is 42.0 Å². The number of nitrogens with zero attached hydrogens (tertiary/aromatic N) is 2. The van der Waals surface area contributed by atoms with Crippen molar-refractivity contribution in [3.05, 3.63) is 122 Å². The number of amides is 1. The summed E-state index contributed by atoms with van der Waals surface area (Å²) in [7, 11) is 0. The third-order valence-corrected chi connectivity index (χ3v) is 8.35. The molecule has 0 radical (unpaired) electrons. The lowest BCUT2D eigenvalue weighted by atomic mass is 9.94. The molecule has 0 spiro atoms. The number of carbonyl (C=O) groups is 1. The Morgan fingerprint density at radius 2 is 1.79 bits per heavy atom. The molecule has 3 aromatic carbocycles. The standard InChI is InChI=1S/C32H27ClF3N3O3/c33-24-16-21(15-23(17-24)32(34,35)36)19-6-4-7-20(14-19)27(40)29(42)39-13-5-10-26-25(18-39)28(41)38-30(37-26)31(11-12-31)22-8-2-1-3-9-22/h1-4,6-9,14-17,27,40H,5,10-13,18H2,(H,37,38,41)/t27-/m1/s1. The van der Waals surface area contributed by atoms with Gasteiger partial charge < -0.3 is 15.0 Å². The lowest BCUT2D eigenvalue weighted by Gasteiger charge is -2.24. The Morgan fingerprint density at radius 1 is 1.02 bits per heavy atom. The summed E-state index contributed by atoms with van der Waals surface area (Å²) in [5.74, 6) is 0.0391. The first-order valence-electron chi connectivity index (χ1n) is 13.7. The van der Waals surface area contributed by atoms with Gasteiger partial charge in [-0.25, -0.2) is 4.98 Å². The summed E-state index contributed by atoms with van der Waals surface area (Å²) in [6.45, 7) is 0.308. The molecule has 1 atom stereocenters. The molecule has 2 heterocycles. The predicted octanol–water partition coefficient (Wildman–Crippen LogP) is 6.20. The first-order valence-corrected chi connectivity index (χ1v) is 14.1. The molecule has 1 aliphatic carbocycles. The van der Waals surface area contributed by atoms with Gasteiger partial charge in [-0.1, -0.05) is 60.1 Å². The second-order valence-corrected chi connectivity index (χ2v) is 11.3. The number of aliphatic hydroxyl groups is 1. The van der Waals surface area contributed by atoms with Gasteiger partial charge in [-0.05, 0) is 72.2 Å². The van der Waals surface area contributed by atoms with E-state index in [4.69, 9.17) is 16.6 Å². The van der Waals surface area contributed by atoms with E-state index in [2.05, 4.69) is 4.98 Å². The minimum atomic E-state index is -4.58. The van der Waals surface area contributed by atoms with Gasteiger partial charge in [0.2, 0.25) is 0 Å². The summed E-state index contributed by atoms with van der Waals surface area (Å²) >= 11 is 5.96. The number of fused-ring (bicyclic) bond motifs is 1. The normalized spacial score (nSPS) is 16.8. The van der Waals surface area contributed by atoms with Crippen molar-refractivity contribution < 1.29 is 23.1 Å². The monoisotopic (exact) mass is 593 g/mol. The van der Waals surface area contributed by atoms with E-state index < -0.39 is 23.8 Å². The van der Waals surface area contributed by atoms with Crippen LogP contribution in [0.4, 0.5) is 13.2 Å². The third-order valence-electron chi connectivity index (χ3n) is 8.13. The number of nitrogens with one attached hydrogen (secondary N) is 1. The molecule has 4 aromatic rings. The molecule has 0 saturated heterocycles. The summed E-state index contributed by atoms with van der Waals surface area (Å²) in [4.78, 5) is 36.0. The van der Waals surface area contributed by atoms with Gasteiger partial charge in [0.15, 0.2) is 6.10 Å². The zero-order chi connectivity index (χ0) is 29.6. The van der Waals surface area contributed by atoms with Crippen LogP contribution in [0.5, 0.6) is 0 Å². The Morgan fingerprint density at radius 3 is 2.50 bits per heavy atom. The van der Waals surface area contributed by atoms with Crippen molar-refractivity contribution in [2.24, 2.45) is 0 Å². The molecular weight excluding hydrogens is 567 g/mol. The molecule has 10 heteroatoms. The van der Waals surface area contributed by atoms with Crippen molar-refractivity contribution in [3.8, 4) is 11.1 Å². The molecule has 6 nitrogen and oxygen atoms in total. The van der Waals surface area contributed by atoms with Crippen LogP contribution in [0, 0.1) is 0 Å². The van der Waals surface area contributed by atoms with Crippen molar-refractivity contribution >= 4 is 17.5 Å². The number of hydrogen-bond donors (Lipinski definition) is 2. The maximum absolute atomic E-state index is 13.5. The molecular formula is C32H27ClF3N3O3. The molecule has 1 aromatic heterocycles. The second kappa shape index (κ2) is 10.7. The Labute approximate surface area is 244 Å². The van der Waals surface area contributed by atoms with Crippen LogP contribution in [0.25, 0.3) is 11.1 Å². The van der Waals surface area contributed by atoms with Crippen molar-refractivity contribution in [1.82, 2.24) is 14.9 Å². The smallest absolute Gasteiger partial charge is 0.378 e. The highest BCUT2D eigenvalue weighted by atomic mass is 35.5. The predicted molar refractivity (Wildman–Crippen MR) is 152 cm³/mol. The van der Waals surface area contributed by atoms with Gasteiger partial charge in [0, 0.05) is 11.6 Å². The molecule has 1 fully saturated rings. The van der Waals surface area contributed by atoms with E-state index in [9.17, 15) is 27.9 Å². The number of halogens is 4. The lowest BCUT2D eigenvalue weighted by Crippen LogP contribution is -2.36. The zero-order valence-electron chi connectivity index (χ0n) is 22.4. The number of H-pyrrole nitrogens is 1. The Balaban J connectivity index is 1.25. The summed E-state index contributed by atoms with van der Waals surface area (Å²) in [5.41, 5.74) is 1.46. The van der Waals surface area contributed by atoms with E-state index in [1.54, 1.807) is 12.1 Å². The number of carbonyl (C=O) groups excluding carboxylic acids is 1. The molecule has 0 unspecified atom stereocenters. The summed E-state index contributed by atoms with van der Waals surface area (Å²) in [5, 5.41) is 11.0. The Hall–Kier alpha value is -3.95. The first kappa shape index (κ1) is 28.2. The molecule has 0 bridgehead atoms. The topological polar surface area (TPSA) is 86.3 Å². The second-order valence-electron chi connectivity index (χ2n) is 10.9. The van der Waals surface area contributed by atoms with Crippen LogP contribution in [0.1, 0.15) is 59.1 Å². The van der Waals surface area contributed by atoms with E-state index in [0.717, 1.165) is 30.5 Å². The molecule has 216 valence electrons. The minimum Gasteiger partial charge on any atom is -0.378 e. The first-order chi connectivity index (χ1) is 20.0. The minimum absolute atomic E-state index is 0.00486. The van der Waals surface area contributed by atoms with Crippen LogP contribution >= 0.6 is 11.6 Å². The SMILES string of the molecule is O=C([C@H](O)c1cccc(-c2cc(Cl)cc(C(F)(F)F)c2)c1)N1CCCc2nc(C3(c4ccccc4)CC3)[nH]c(=O)c2C1. The summed E-state index contributed by atoms with van der Waals surface area (Å²) in [6.07, 6.45) is -3.30.